The lowest BCUT2D eigenvalue weighted by molar-refractivity contribution is 0.120. The first-order valence-corrected chi connectivity index (χ1v) is 9.07. The summed E-state index contributed by atoms with van der Waals surface area (Å²) in [5.41, 5.74) is 2.19. The predicted octanol–water partition coefficient (Wildman–Crippen LogP) is 3.96. The van der Waals surface area contributed by atoms with E-state index in [9.17, 15) is 0 Å². The summed E-state index contributed by atoms with van der Waals surface area (Å²) in [4.78, 5) is 16.0. The van der Waals surface area contributed by atoms with Crippen LogP contribution in [-0.4, -0.2) is 34.2 Å². The highest BCUT2D eigenvalue weighted by atomic mass is 32.1. The summed E-state index contributed by atoms with van der Waals surface area (Å²) in [5, 5.41) is 4.63. The average Bonchev–Trinajstić information content (AvgIpc) is 3.22. The minimum Gasteiger partial charge on any atom is -0.376 e. The van der Waals surface area contributed by atoms with Crippen molar-refractivity contribution >= 4 is 27.4 Å². The Morgan fingerprint density at radius 3 is 3.00 bits per heavy atom. The van der Waals surface area contributed by atoms with Gasteiger partial charge in [-0.3, -0.25) is 4.98 Å². The summed E-state index contributed by atoms with van der Waals surface area (Å²) < 4.78 is 5.72. The maximum Gasteiger partial charge on any atom is 0.164 e. The summed E-state index contributed by atoms with van der Waals surface area (Å²) in [6.07, 6.45) is 6.09. The molecule has 0 aromatic carbocycles. The molecule has 0 saturated carbocycles. The molecule has 1 N–H and O–H groups in total. The smallest absolute Gasteiger partial charge is 0.164 e. The van der Waals surface area contributed by atoms with Crippen molar-refractivity contribution in [3.05, 3.63) is 35.0 Å². The second kappa shape index (κ2) is 6.45. The van der Waals surface area contributed by atoms with E-state index in [1.807, 2.05) is 12.1 Å². The fourth-order valence-corrected chi connectivity index (χ4v) is 4.05. The van der Waals surface area contributed by atoms with Crippen LogP contribution in [0.1, 0.15) is 23.3 Å². The number of ether oxygens (including phenoxy) is 1. The number of hydrogen-bond acceptors (Lipinski definition) is 6. The van der Waals surface area contributed by atoms with E-state index in [0.29, 0.717) is 5.82 Å². The van der Waals surface area contributed by atoms with E-state index in [0.717, 1.165) is 47.6 Å². The first-order chi connectivity index (χ1) is 11.7. The summed E-state index contributed by atoms with van der Waals surface area (Å²) in [5.74, 6) is 1.61. The van der Waals surface area contributed by atoms with Crippen molar-refractivity contribution in [2.24, 2.45) is 0 Å². The Bertz CT molecular complexity index is 856. The molecule has 3 aromatic rings. The summed E-state index contributed by atoms with van der Waals surface area (Å²) in [7, 11) is 0. The number of aryl methyl sites for hydroxylation is 2. The van der Waals surface area contributed by atoms with Gasteiger partial charge in [0, 0.05) is 36.0 Å². The molecule has 0 unspecified atom stereocenters. The Hall–Kier alpha value is -2.05. The molecular formula is C18H20N4OS. The number of pyridine rings is 1. The number of nitrogens with zero attached hydrogens (tertiary/aromatic N) is 3. The molecule has 3 aromatic heterocycles. The van der Waals surface area contributed by atoms with Crippen molar-refractivity contribution in [1.29, 1.82) is 0 Å². The number of anilines is 1. The summed E-state index contributed by atoms with van der Waals surface area (Å²) >= 11 is 1.72. The molecule has 6 heteroatoms. The van der Waals surface area contributed by atoms with Gasteiger partial charge in [-0.2, -0.15) is 0 Å². The molecule has 0 radical (unpaired) electrons. The highest BCUT2D eigenvalue weighted by Crippen LogP contribution is 2.35. The zero-order chi connectivity index (χ0) is 16.5. The maximum absolute atomic E-state index is 5.72. The highest BCUT2D eigenvalue weighted by molar-refractivity contribution is 7.18. The third-order valence-electron chi connectivity index (χ3n) is 4.47. The van der Waals surface area contributed by atoms with Crippen molar-refractivity contribution in [3.63, 3.8) is 0 Å². The molecule has 0 spiro atoms. The molecule has 1 saturated heterocycles. The fourth-order valence-electron chi connectivity index (χ4n) is 3.02. The zero-order valence-electron chi connectivity index (χ0n) is 13.9. The van der Waals surface area contributed by atoms with Crippen LogP contribution in [-0.2, 0) is 4.74 Å². The molecule has 24 heavy (non-hydrogen) atoms. The minimum atomic E-state index is 0.275. The van der Waals surface area contributed by atoms with E-state index >= 15 is 0 Å². The monoisotopic (exact) mass is 340 g/mol. The van der Waals surface area contributed by atoms with Gasteiger partial charge in [-0.1, -0.05) is 0 Å². The van der Waals surface area contributed by atoms with E-state index in [4.69, 9.17) is 14.7 Å². The van der Waals surface area contributed by atoms with Crippen LogP contribution >= 0.6 is 11.3 Å². The van der Waals surface area contributed by atoms with E-state index in [2.05, 4.69) is 24.1 Å². The number of fused-ring (bicyclic) bond motifs is 1. The first kappa shape index (κ1) is 15.5. The molecule has 0 aliphatic carbocycles. The van der Waals surface area contributed by atoms with Crippen LogP contribution in [0.25, 0.3) is 21.6 Å². The summed E-state index contributed by atoms with van der Waals surface area (Å²) in [6.45, 7) is 5.92. The molecule has 4 heterocycles. The van der Waals surface area contributed by atoms with E-state index in [-0.39, 0.29) is 6.10 Å². The molecule has 0 amide bonds. The van der Waals surface area contributed by atoms with Gasteiger partial charge in [0.25, 0.3) is 0 Å². The van der Waals surface area contributed by atoms with Gasteiger partial charge >= 0.3 is 0 Å². The molecule has 5 nitrogen and oxygen atoms in total. The van der Waals surface area contributed by atoms with E-state index in [1.54, 1.807) is 23.7 Å². The van der Waals surface area contributed by atoms with Crippen molar-refractivity contribution in [2.75, 3.05) is 18.5 Å². The van der Waals surface area contributed by atoms with Gasteiger partial charge in [-0.05, 0) is 44.4 Å². The molecule has 0 bridgehead atoms. The van der Waals surface area contributed by atoms with Crippen molar-refractivity contribution in [3.8, 4) is 11.4 Å². The number of thiophene rings is 1. The largest absolute Gasteiger partial charge is 0.376 e. The van der Waals surface area contributed by atoms with Gasteiger partial charge in [-0.15, -0.1) is 11.3 Å². The molecule has 1 atom stereocenters. The van der Waals surface area contributed by atoms with Gasteiger partial charge in [0.1, 0.15) is 10.6 Å². The topological polar surface area (TPSA) is 59.9 Å². The second-order valence-electron chi connectivity index (χ2n) is 6.12. The van der Waals surface area contributed by atoms with Gasteiger partial charge in [0.15, 0.2) is 5.82 Å². The lowest BCUT2D eigenvalue weighted by atomic mass is 10.2. The molecular weight excluding hydrogens is 320 g/mol. The number of hydrogen-bond donors (Lipinski definition) is 1. The van der Waals surface area contributed by atoms with Gasteiger partial charge in [0.2, 0.25) is 0 Å². The van der Waals surface area contributed by atoms with E-state index < -0.39 is 0 Å². The van der Waals surface area contributed by atoms with Crippen LogP contribution in [0.15, 0.2) is 24.5 Å². The Morgan fingerprint density at radius 1 is 1.33 bits per heavy atom. The van der Waals surface area contributed by atoms with Crippen LogP contribution in [0.2, 0.25) is 0 Å². The lowest BCUT2D eigenvalue weighted by Crippen LogP contribution is -2.19. The third-order valence-corrected chi connectivity index (χ3v) is 5.57. The predicted molar refractivity (Wildman–Crippen MR) is 97.6 cm³/mol. The van der Waals surface area contributed by atoms with Crippen molar-refractivity contribution in [2.45, 2.75) is 32.8 Å². The standard InChI is InChI=1S/C18H20N4OS/c1-11-12(2)24-18-15(11)17(20-10-14-6-4-8-23-14)21-16(22-18)13-5-3-7-19-9-13/h3,5,7,9,14H,4,6,8,10H2,1-2H3,(H,20,21,22)/t14-/m0/s1. The normalized spacial score (nSPS) is 17.5. The molecule has 4 rings (SSSR count). The molecule has 1 aliphatic heterocycles. The lowest BCUT2D eigenvalue weighted by Gasteiger charge is -2.13. The van der Waals surface area contributed by atoms with Gasteiger partial charge in [0.05, 0.1) is 11.5 Å². The zero-order valence-corrected chi connectivity index (χ0v) is 14.7. The van der Waals surface area contributed by atoms with E-state index in [1.165, 1.54) is 10.4 Å². The van der Waals surface area contributed by atoms with Crippen molar-refractivity contribution < 1.29 is 4.74 Å². The van der Waals surface area contributed by atoms with Crippen LogP contribution in [0.3, 0.4) is 0 Å². The first-order valence-electron chi connectivity index (χ1n) is 8.26. The molecule has 1 fully saturated rings. The number of aromatic nitrogens is 3. The SMILES string of the molecule is Cc1sc2nc(-c3cccnc3)nc(NC[C@@H]3CCCO3)c2c1C. The van der Waals surface area contributed by atoms with Crippen molar-refractivity contribution in [1.82, 2.24) is 15.0 Å². The quantitative estimate of drug-likeness (QED) is 0.779. The molecule has 124 valence electrons. The van der Waals surface area contributed by atoms with Crippen LogP contribution in [0.4, 0.5) is 5.82 Å². The molecule has 1 aliphatic rings. The summed E-state index contributed by atoms with van der Waals surface area (Å²) in [6, 6.07) is 3.90. The third kappa shape index (κ3) is 2.87. The van der Waals surface area contributed by atoms with Gasteiger partial charge in [-0.25, -0.2) is 9.97 Å². The Labute approximate surface area is 145 Å². The Morgan fingerprint density at radius 2 is 2.25 bits per heavy atom. The maximum atomic E-state index is 5.72. The van der Waals surface area contributed by atoms with Crippen LogP contribution < -0.4 is 5.32 Å². The fraction of sp³-hybridized carbons (Fsp3) is 0.389. The number of rotatable bonds is 4. The van der Waals surface area contributed by atoms with Crippen LogP contribution in [0, 0.1) is 13.8 Å². The average molecular weight is 340 g/mol. The Kier molecular flexibility index (Phi) is 4.16. The van der Waals surface area contributed by atoms with Crippen LogP contribution in [0.5, 0.6) is 0 Å². The second-order valence-corrected chi connectivity index (χ2v) is 7.32. The van der Waals surface area contributed by atoms with Gasteiger partial charge < -0.3 is 10.1 Å². The highest BCUT2D eigenvalue weighted by Gasteiger charge is 2.19. The Balaban J connectivity index is 1.76. The minimum absolute atomic E-state index is 0.275. The number of nitrogens with one attached hydrogen (secondary N) is 1.